The Morgan fingerprint density at radius 2 is 1.88 bits per heavy atom. The van der Waals surface area contributed by atoms with Crippen LogP contribution in [-0.4, -0.2) is 21.8 Å². The van der Waals surface area contributed by atoms with Crippen molar-refractivity contribution >= 4 is 17.7 Å². The molecule has 0 aliphatic carbocycles. The van der Waals surface area contributed by atoms with Gasteiger partial charge >= 0.3 is 0 Å². The fourth-order valence-corrected chi connectivity index (χ4v) is 3.55. The summed E-state index contributed by atoms with van der Waals surface area (Å²) in [6.07, 6.45) is 1.56. The fourth-order valence-electron chi connectivity index (χ4n) is 2.72. The molecule has 1 aliphatic heterocycles. The zero-order chi connectivity index (χ0) is 17.9. The van der Waals surface area contributed by atoms with Gasteiger partial charge in [-0.2, -0.15) is 0 Å². The normalized spacial score (nSPS) is 19.5. The van der Waals surface area contributed by atoms with Crippen molar-refractivity contribution in [2.45, 2.75) is 18.4 Å². The Morgan fingerprint density at radius 1 is 1.20 bits per heavy atom. The molecule has 0 fully saturated rings. The van der Waals surface area contributed by atoms with E-state index in [2.05, 4.69) is 5.43 Å². The van der Waals surface area contributed by atoms with Crippen LogP contribution in [0.2, 0.25) is 0 Å². The number of hydrogen-bond acceptors (Lipinski definition) is 4. The Labute approximate surface area is 150 Å². The van der Waals surface area contributed by atoms with Crippen molar-refractivity contribution in [2.24, 2.45) is 0 Å². The fraction of sp³-hybridized carbons (Fsp3) is 0.211. The summed E-state index contributed by atoms with van der Waals surface area (Å²) in [5, 5.41) is 12.2. The summed E-state index contributed by atoms with van der Waals surface area (Å²) < 4.78 is 13.2. The van der Waals surface area contributed by atoms with Crippen LogP contribution in [0.4, 0.5) is 4.39 Å². The Bertz CT molecular complexity index is 780. The lowest BCUT2D eigenvalue weighted by atomic mass is 10.0. The van der Waals surface area contributed by atoms with E-state index in [1.807, 2.05) is 30.3 Å². The van der Waals surface area contributed by atoms with Crippen molar-refractivity contribution in [1.82, 2.24) is 10.4 Å². The van der Waals surface area contributed by atoms with Crippen molar-refractivity contribution in [2.75, 3.05) is 5.75 Å². The average Bonchev–Trinajstić information content (AvgIpc) is 2.92. The number of nitrogens with one attached hydrogen (secondary N) is 1. The maximum Gasteiger partial charge on any atom is 0.254 e. The van der Waals surface area contributed by atoms with Gasteiger partial charge in [-0.25, -0.2) is 9.40 Å². The molecule has 25 heavy (non-hydrogen) atoms. The monoisotopic (exact) mass is 358 g/mol. The molecule has 2 N–H and O–H groups in total. The third kappa shape index (κ3) is 3.86. The average molecular weight is 358 g/mol. The summed E-state index contributed by atoms with van der Waals surface area (Å²) in [5.74, 6) is 0.282. The summed E-state index contributed by atoms with van der Waals surface area (Å²) >= 11 is 1.48. The second-order valence-electron chi connectivity index (χ2n) is 5.88. The van der Waals surface area contributed by atoms with E-state index in [-0.39, 0.29) is 11.7 Å². The molecule has 1 amide bonds. The molecule has 130 valence electrons. The summed E-state index contributed by atoms with van der Waals surface area (Å²) in [6, 6.07) is 15.4. The second kappa shape index (κ2) is 7.29. The van der Waals surface area contributed by atoms with Crippen molar-refractivity contribution in [3.05, 3.63) is 83.3 Å². The van der Waals surface area contributed by atoms with Gasteiger partial charge in [0, 0.05) is 17.0 Å². The van der Waals surface area contributed by atoms with Crippen LogP contribution < -0.4 is 5.43 Å². The SMILES string of the molecule is CC1=C[C@@](O)(c2ccc(F)cc2)N(C(=O)CSCc2ccccc2)N1. The number of benzene rings is 2. The summed E-state index contributed by atoms with van der Waals surface area (Å²) in [5.41, 5.74) is 3.50. The topological polar surface area (TPSA) is 52.6 Å². The molecule has 0 saturated heterocycles. The van der Waals surface area contributed by atoms with E-state index in [1.165, 1.54) is 41.0 Å². The van der Waals surface area contributed by atoms with Gasteiger partial charge in [0.05, 0.1) is 5.75 Å². The maximum atomic E-state index is 13.2. The van der Waals surface area contributed by atoms with E-state index in [1.54, 1.807) is 13.0 Å². The Balaban J connectivity index is 1.69. The van der Waals surface area contributed by atoms with E-state index in [0.29, 0.717) is 17.0 Å². The van der Waals surface area contributed by atoms with Crippen LogP contribution in [0.15, 0.2) is 66.4 Å². The second-order valence-corrected chi connectivity index (χ2v) is 6.87. The van der Waals surface area contributed by atoms with Gasteiger partial charge < -0.3 is 5.11 Å². The number of amides is 1. The van der Waals surface area contributed by atoms with Crippen LogP contribution in [0.1, 0.15) is 18.1 Å². The molecule has 4 nitrogen and oxygen atoms in total. The Hall–Kier alpha value is -2.31. The van der Waals surface area contributed by atoms with E-state index in [0.717, 1.165) is 5.56 Å². The first-order chi connectivity index (χ1) is 12.0. The van der Waals surface area contributed by atoms with E-state index >= 15 is 0 Å². The van der Waals surface area contributed by atoms with Gasteiger partial charge in [0.1, 0.15) is 5.82 Å². The molecule has 1 aliphatic rings. The van der Waals surface area contributed by atoms with E-state index < -0.39 is 11.5 Å². The van der Waals surface area contributed by atoms with E-state index in [4.69, 9.17) is 0 Å². The summed E-state index contributed by atoms with van der Waals surface area (Å²) in [6.45, 7) is 1.76. The number of thioether (sulfide) groups is 1. The lowest BCUT2D eigenvalue weighted by Crippen LogP contribution is -2.51. The predicted octanol–water partition coefficient (Wildman–Crippen LogP) is 3.15. The van der Waals surface area contributed by atoms with Crippen LogP contribution in [0, 0.1) is 5.82 Å². The third-order valence-electron chi connectivity index (χ3n) is 3.90. The molecule has 6 heteroatoms. The molecule has 2 aromatic carbocycles. The number of hydrogen-bond donors (Lipinski definition) is 2. The summed E-state index contributed by atoms with van der Waals surface area (Å²) in [4.78, 5) is 12.6. The Kier molecular flexibility index (Phi) is 5.11. The molecule has 0 radical (unpaired) electrons. The van der Waals surface area contributed by atoms with Crippen molar-refractivity contribution < 1.29 is 14.3 Å². The van der Waals surface area contributed by atoms with Gasteiger partial charge in [0.2, 0.25) is 5.72 Å². The highest BCUT2D eigenvalue weighted by molar-refractivity contribution is 7.99. The van der Waals surface area contributed by atoms with Crippen molar-refractivity contribution in [3.8, 4) is 0 Å². The minimum Gasteiger partial charge on any atom is -0.362 e. The standard InChI is InChI=1S/C19H19FN2O2S/c1-14-11-19(24,16-7-9-17(20)10-8-16)22(21-14)18(23)13-25-12-15-5-3-2-4-6-15/h2-11,21,24H,12-13H2,1H3/t19-/m1/s1. The largest absolute Gasteiger partial charge is 0.362 e. The highest BCUT2D eigenvalue weighted by Crippen LogP contribution is 2.32. The van der Waals surface area contributed by atoms with Gasteiger partial charge in [0.25, 0.3) is 5.91 Å². The molecule has 0 bridgehead atoms. The molecule has 3 rings (SSSR count). The minimum atomic E-state index is -1.62. The highest BCUT2D eigenvalue weighted by atomic mass is 32.2. The molecule has 0 saturated carbocycles. The minimum absolute atomic E-state index is 0.215. The highest BCUT2D eigenvalue weighted by Gasteiger charge is 2.42. The number of carbonyl (C=O) groups is 1. The molecule has 1 heterocycles. The number of hydrazine groups is 1. The number of rotatable bonds is 5. The van der Waals surface area contributed by atoms with Crippen LogP contribution in [0.5, 0.6) is 0 Å². The van der Waals surface area contributed by atoms with Crippen molar-refractivity contribution in [3.63, 3.8) is 0 Å². The van der Waals surface area contributed by atoms with Gasteiger partial charge in [-0.05, 0) is 30.7 Å². The zero-order valence-electron chi connectivity index (χ0n) is 13.8. The van der Waals surface area contributed by atoms with Gasteiger partial charge in [0.15, 0.2) is 0 Å². The van der Waals surface area contributed by atoms with Crippen LogP contribution in [0.3, 0.4) is 0 Å². The molecule has 0 unspecified atom stereocenters. The van der Waals surface area contributed by atoms with Gasteiger partial charge in [-0.15, -0.1) is 11.8 Å². The molecular formula is C19H19FN2O2S. The number of halogens is 1. The lowest BCUT2D eigenvalue weighted by Gasteiger charge is -2.32. The molecule has 1 atom stereocenters. The van der Waals surface area contributed by atoms with E-state index in [9.17, 15) is 14.3 Å². The first-order valence-corrected chi connectivity index (χ1v) is 9.04. The smallest absolute Gasteiger partial charge is 0.254 e. The van der Waals surface area contributed by atoms with Gasteiger partial charge in [-0.3, -0.25) is 10.2 Å². The van der Waals surface area contributed by atoms with Gasteiger partial charge in [-0.1, -0.05) is 42.5 Å². The molecule has 0 aromatic heterocycles. The number of allylic oxidation sites excluding steroid dienone is 1. The first-order valence-electron chi connectivity index (χ1n) is 7.88. The third-order valence-corrected chi connectivity index (χ3v) is 4.89. The molecule has 0 spiro atoms. The zero-order valence-corrected chi connectivity index (χ0v) is 14.6. The first kappa shape index (κ1) is 17.5. The van der Waals surface area contributed by atoms with Crippen LogP contribution >= 0.6 is 11.8 Å². The predicted molar refractivity (Wildman–Crippen MR) is 96.6 cm³/mol. The molecular weight excluding hydrogens is 339 g/mol. The number of carbonyl (C=O) groups excluding carboxylic acids is 1. The number of nitrogens with zero attached hydrogens (tertiary/aromatic N) is 1. The number of aliphatic hydroxyl groups is 1. The quantitative estimate of drug-likeness (QED) is 0.862. The van der Waals surface area contributed by atoms with Crippen LogP contribution in [-0.2, 0) is 16.3 Å². The summed E-state index contributed by atoms with van der Waals surface area (Å²) in [7, 11) is 0. The molecule has 2 aromatic rings. The maximum absolute atomic E-state index is 13.2. The lowest BCUT2D eigenvalue weighted by molar-refractivity contribution is -0.152. The van der Waals surface area contributed by atoms with Crippen molar-refractivity contribution in [1.29, 1.82) is 0 Å². The Morgan fingerprint density at radius 3 is 2.56 bits per heavy atom. The van der Waals surface area contributed by atoms with Crippen LogP contribution in [0.25, 0.3) is 0 Å².